The molecule has 0 radical (unpaired) electrons. The predicted molar refractivity (Wildman–Crippen MR) is 86.8 cm³/mol. The van der Waals surface area contributed by atoms with Crippen LogP contribution in [0.2, 0.25) is 0 Å². The van der Waals surface area contributed by atoms with E-state index in [-0.39, 0.29) is 17.4 Å². The van der Waals surface area contributed by atoms with E-state index in [1.807, 2.05) is 20.8 Å². The van der Waals surface area contributed by atoms with Gasteiger partial charge in [-0.15, -0.1) is 0 Å². The third kappa shape index (κ3) is 8.05. The van der Waals surface area contributed by atoms with E-state index in [1.54, 1.807) is 4.90 Å². The van der Waals surface area contributed by atoms with Crippen LogP contribution in [0.25, 0.3) is 0 Å². The van der Waals surface area contributed by atoms with Gasteiger partial charge in [-0.2, -0.15) is 0 Å². The summed E-state index contributed by atoms with van der Waals surface area (Å²) in [5, 5.41) is 3.02. The van der Waals surface area contributed by atoms with Crippen molar-refractivity contribution in [3.8, 4) is 0 Å². The lowest BCUT2D eigenvalue weighted by molar-refractivity contribution is -0.131. The lowest BCUT2D eigenvalue weighted by Crippen LogP contribution is -2.52. The molecule has 0 saturated heterocycles. The van der Waals surface area contributed by atoms with E-state index >= 15 is 0 Å². The normalized spacial score (nSPS) is 13.9. The molecule has 0 bridgehead atoms. The van der Waals surface area contributed by atoms with Gasteiger partial charge in [0.1, 0.15) is 0 Å². The van der Waals surface area contributed by atoms with Gasteiger partial charge in [0.15, 0.2) is 0 Å². The van der Waals surface area contributed by atoms with Crippen LogP contribution in [0.5, 0.6) is 0 Å². The highest BCUT2D eigenvalue weighted by Gasteiger charge is 2.25. The number of hydrogen-bond acceptors (Lipinski definition) is 3. The van der Waals surface area contributed by atoms with E-state index in [0.29, 0.717) is 31.7 Å². The van der Waals surface area contributed by atoms with Gasteiger partial charge in [-0.25, -0.2) is 0 Å². The average molecular weight is 299 g/mol. The van der Waals surface area contributed by atoms with Crippen LogP contribution in [-0.2, 0) is 9.59 Å². The largest absolute Gasteiger partial charge is 0.350 e. The number of nitrogens with one attached hydrogen (secondary N) is 1. The molecule has 0 aromatic heterocycles. The van der Waals surface area contributed by atoms with E-state index in [4.69, 9.17) is 5.73 Å². The maximum Gasteiger partial charge on any atom is 0.222 e. The molecule has 21 heavy (non-hydrogen) atoms. The molecule has 0 aliphatic rings. The highest BCUT2D eigenvalue weighted by molar-refractivity contribution is 5.79. The Labute approximate surface area is 129 Å². The molecule has 2 amide bonds. The first-order chi connectivity index (χ1) is 9.77. The predicted octanol–water partition coefficient (Wildman–Crippen LogP) is 1.90. The molecule has 0 aromatic carbocycles. The molecular weight excluding hydrogens is 266 g/mol. The van der Waals surface area contributed by atoms with Gasteiger partial charge in [-0.1, -0.05) is 13.8 Å². The molecule has 0 aliphatic heterocycles. The second-order valence-electron chi connectivity index (χ2n) is 6.33. The van der Waals surface area contributed by atoms with Crippen LogP contribution in [-0.4, -0.2) is 41.9 Å². The van der Waals surface area contributed by atoms with Crippen molar-refractivity contribution in [2.45, 2.75) is 65.8 Å². The molecule has 5 heteroatoms. The van der Waals surface area contributed by atoms with E-state index in [0.717, 1.165) is 19.5 Å². The van der Waals surface area contributed by atoms with Gasteiger partial charge in [0.2, 0.25) is 11.8 Å². The summed E-state index contributed by atoms with van der Waals surface area (Å²) in [6.45, 7) is 12.0. The molecule has 3 N–H and O–H groups in total. The SMILES string of the molecule is CCN(CC)C(=O)CCCC(=O)NC(C)(CN)CC(C)C. The van der Waals surface area contributed by atoms with Gasteiger partial charge in [-0.3, -0.25) is 9.59 Å². The lowest BCUT2D eigenvalue weighted by Gasteiger charge is -2.31. The van der Waals surface area contributed by atoms with Gasteiger partial charge >= 0.3 is 0 Å². The monoisotopic (exact) mass is 299 g/mol. The molecule has 0 fully saturated rings. The zero-order chi connectivity index (χ0) is 16.5. The van der Waals surface area contributed by atoms with Crippen LogP contribution in [0, 0.1) is 5.92 Å². The standard InChI is InChI=1S/C16H33N3O2/c1-6-19(7-2)15(21)10-8-9-14(20)18-16(5,12-17)11-13(3)4/h13H,6-12,17H2,1-5H3,(H,18,20). The van der Waals surface area contributed by atoms with Crippen molar-refractivity contribution >= 4 is 11.8 Å². The topological polar surface area (TPSA) is 75.4 Å². The molecule has 0 saturated carbocycles. The number of amides is 2. The van der Waals surface area contributed by atoms with Crippen molar-refractivity contribution in [1.29, 1.82) is 0 Å². The van der Waals surface area contributed by atoms with Crippen molar-refractivity contribution in [1.82, 2.24) is 10.2 Å². The number of nitrogens with two attached hydrogens (primary N) is 1. The fourth-order valence-electron chi connectivity index (χ4n) is 2.62. The molecule has 124 valence electrons. The summed E-state index contributed by atoms with van der Waals surface area (Å²) < 4.78 is 0. The van der Waals surface area contributed by atoms with Gasteiger partial charge in [0.05, 0.1) is 0 Å². The molecule has 0 aliphatic carbocycles. The highest BCUT2D eigenvalue weighted by atomic mass is 16.2. The summed E-state index contributed by atoms with van der Waals surface area (Å²) in [6, 6.07) is 0. The minimum Gasteiger partial charge on any atom is -0.350 e. The van der Waals surface area contributed by atoms with Crippen molar-refractivity contribution in [3.05, 3.63) is 0 Å². The van der Waals surface area contributed by atoms with Crippen LogP contribution >= 0.6 is 0 Å². The third-order valence-corrected chi connectivity index (χ3v) is 3.66. The molecule has 0 heterocycles. The van der Waals surface area contributed by atoms with Crippen molar-refractivity contribution in [2.75, 3.05) is 19.6 Å². The smallest absolute Gasteiger partial charge is 0.222 e. The fourth-order valence-corrected chi connectivity index (χ4v) is 2.62. The maximum atomic E-state index is 12.0. The summed E-state index contributed by atoms with van der Waals surface area (Å²) in [6.07, 6.45) is 2.25. The van der Waals surface area contributed by atoms with Crippen LogP contribution in [0.15, 0.2) is 0 Å². The molecule has 0 rings (SSSR count). The quantitative estimate of drug-likeness (QED) is 0.647. The second kappa shape index (κ2) is 9.77. The van der Waals surface area contributed by atoms with Gasteiger partial charge < -0.3 is 16.0 Å². The Bertz CT molecular complexity index is 327. The van der Waals surface area contributed by atoms with Crippen LogP contribution in [0.1, 0.15) is 60.3 Å². The maximum absolute atomic E-state index is 12.0. The van der Waals surface area contributed by atoms with Crippen molar-refractivity contribution in [3.63, 3.8) is 0 Å². The summed E-state index contributed by atoms with van der Waals surface area (Å²) in [7, 11) is 0. The second-order valence-corrected chi connectivity index (χ2v) is 6.33. The molecular formula is C16H33N3O2. The first-order valence-electron chi connectivity index (χ1n) is 8.06. The summed E-state index contributed by atoms with van der Waals surface area (Å²) in [5.74, 6) is 0.579. The average Bonchev–Trinajstić information content (AvgIpc) is 2.39. The Morgan fingerprint density at radius 1 is 1.19 bits per heavy atom. The third-order valence-electron chi connectivity index (χ3n) is 3.66. The molecule has 0 spiro atoms. The van der Waals surface area contributed by atoms with Crippen LogP contribution < -0.4 is 11.1 Å². The van der Waals surface area contributed by atoms with Crippen molar-refractivity contribution in [2.24, 2.45) is 11.7 Å². The molecule has 5 nitrogen and oxygen atoms in total. The number of carbonyl (C=O) groups excluding carboxylic acids is 2. The number of hydrogen-bond donors (Lipinski definition) is 2. The first-order valence-corrected chi connectivity index (χ1v) is 8.06. The highest BCUT2D eigenvalue weighted by Crippen LogP contribution is 2.15. The summed E-state index contributed by atoms with van der Waals surface area (Å²) in [5.41, 5.74) is 5.43. The number of rotatable bonds is 10. The Morgan fingerprint density at radius 2 is 1.76 bits per heavy atom. The molecule has 1 atom stereocenters. The van der Waals surface area contributed by atoms with E-state index in [9.17, 15) is 9.59 Å². The zero-order valence-electron chi connectivity index (χ0n) is 14.4. The minimum atomic E-state index is -0.353. The van der Waals surface area contributed by atoms with E-state index in [1.165, 1.54) is 0 Å². The zero-order valence-corrected chi connectivity index (χ0v) is 14.4. The Kier molecular flexibility index (Phi) is 9.26. The Balaban J connectivity index is 4.18. The van der Waals surface area contributed by atoms with Gasteiger partial charge in [-0.05, 0) is 39.5 Å². The first kappa shape index (κ1) is 19.9. The van der Waals surface area contributed by atoms with Crippen LogP contribution in [0.3, 0.4) is 0 Å². The van der Waals surface area contributed by atoms with E-state index in [2.05, 4.69) is 19.2 Å². The van der Waals surface area contributed by atoms with E-state index < -0.39 is 0 Å². The summed E-state index contributed by atoms with van der Waals surface area (Å²) in [4.78, 5) is 25.6. The van der Waals surface area contributed by atoms with Crippen molar-refractivity contribution < 1.29 is 9.59 Å². The number of nitrogens with zero attached hydrogens (tertiary/aromatic N) is 1. The van der Waals surface area contributed by atoms with Gasteiger partial charge in [0.25, 0.3) is 0 Å². The Morgan fingerprint density at radius 3 is 2.19 bits per heavy atom. The minimum absolute atomic E-state index is 0.0176. The van der Waals surface area contributed by atoms with Crippen LogP contribution in [0.4, 0.5) is 0 Å². The lowest BCUT2D eigenvalue weighted by atomic mass is 9.90. The molecule has 0 aromatic rings. The number of carbonyl (C=O) groups is 2. The Hall–Kier alpha value is -1.10. The summed E-state index contributed by atoms with van der Waals surface area (Å²) >= 11 is 0. The van der Waals surface area contributed by atoms with Gasteiger partial charge in [0, 0.05) is 38.0 Å². The molecule has 1 unspecified atom stereocenters. The fraction of sp³-hybridized carbons (Fsp3) is 0.875.